The first-order valence-electron chi connectivity index (χ1n) is 23.3. The number of nitrogens with zero attached hydrogens (tertiary/aromatic N) is 7. The zero-order valence-electron chi connectivity index (χ0n) is 42.2. The maximum absolute atomic E-state index is 13.7. The molecule has 11 N–H and O–H groups in total. The van der Waals surface area contributed by atoms with Crippen molar-refractivity contribution in [2.45, 2.75) is 59.9 Å². The summed E-state index contributed by atoms with van der Waals surface area (Å²) >= 11 is 0. The van der Waals surface area contributed by atoms with Crippen molar-refractivity contribution in [1.29, 1.82) is 0 Å². The number of carboxylic acid groups (broad SMARTS) is 1. The van der Waals surface area contributed by atoms with Gasteiger partial charge < -0.3 is 46.8 Å². The van der Waals surface area contributed by atoms with Crippen LogP contribution in [0.4, 0.5) is 0 Å². The van der Waals surface area contributed by atoms with E-state index in [9.17, 15) is 81.8 Å². The van der Waals surface area contributed by atoms with Gasteiger partial charge in [-0.05, 0) is 27.7 Å². The molecule has 416 valence electrons. The lowest BCUT2D eigenvalue weighted by Gasteiger charge is -2.25. The molecule has 0 saturated carbocycles. The first kappa shape index (κ1) is 60.2. The van der Waals surface area contributed by atoms with Gasteiger partial charge in [-0.25, -0.2) is 19.2 Å². The number of hydrogen-bond donors (Lipinski definition) is 10. The molecule has 33 heteroatoms. The van der Waals surface area contributed by atoms with Crippen molar-refractivity contribution >= 4 is 47.2 Å². The van der Waals surface area contributed by atoms with E-state index in [1.165, 1.54) is 27.7 Å². The summed E-state index contributed by atoms with van der Waals surface area (Å²) in [6.07, 6.45) is 4.49. The Morgan fingerprint density at radius 3 is 1.26 bits per heavy atom. The number of ketones is 1. The number of carbonyl (C=O) groups excluding carboxylic acids is 7. The minimum atomic E-state index is -1.50. The Morgan fingerprint density at radius 1 is 0.519 bits per heavy atom. The number of amides is 6. The molecule has 0 radical (unpaired) electrons. The molecule has 1 unspecified atom stereocenters. The fourth-order valence-electron chi connectivity index (χ4n) is 7.10. The number of hydrogen-bond acceptors (Lipinski definition) is 18. The molecular weight excluding hydrogens is 1020 g/mol. The number of aliphatic carboxylic acids is 1. The summed E-state index contributed by atoms with van der Waals surface area (Å²) in [5, 5.41) is 19.5. The second kappa shape index (κ2) is 27.8. The molecule has 0 bridgehead atoms. The SMILES string of the molecule is Cc1cn(CC(=O)C(CNCC(=O)NCCN(CC(=O)NCCN(CC(=O)O)C(=O)Cn2cc(C)c(=O)[nH]c2=O)C(=O)Cn2cc(C)c(=O)[nH]c2=O)NC(=O)CN(CCN)C(=O)Cn2cc(C)c(=O)[nH]c2=O)c(=O)[nH]c1=O. The topological polar surface area (TPSA) is 460 Å². The van der Waals surface area contributed by atoms with Crippen molar-refractivity contribution in [3.8, 4) is 0 Å². The molecule has 33 nitrogen and oxygen atoms in total. The van der Waals surface area contributed by atoms with E-state index in [-0.39, 0.29) is 55.0 Å². The van der Waals surface area contributed by atoms with E-state index < -0.39 is 164 Å². The van der Waals surface area contributed by atoms with Gasteiger partial charge in [0.2, 0.25) is 35.4 Å². The van der Waals surface area contributed by atoms with Crippen molar-refractivity contribution in [2.75, 3.05) is 72.0 Å². The monoisotopic (exact) mass is 1080 g/mol. The predicted molar refractivity (Wildman–Crippen MR) is 266 cm³/mol. The Bertz CT molecular complexity index is 3400. The molecule has 4 heterocycles. The van der Waals surface area contributed by atoms with Crippen molar-refractivity contribution < 1.29 is 43.5 Å². The van der Waals surface area contributed by atoms with Gasteiger partial charge in [0.25, 0.3) is 22.2 Å². The van der Waals surface area contributed by atoms with Crippen LogP contribution in [0.15, 0.2) is 63.1 Å². The number of aryl methyl sites for hydroxylation is 4. The molecule has 0 aliphatic heterocycles. The molecule has 0 saturated heterocycles. The summed E-state index contributed by atoms with van der Waals surface area (Å²) in [5.74, 6) is -7.24. The summed E-state index contributed by atoms with van der Waals surface area (Å²) in [4.78, 5) is 213. The van der Waals surface area contributed by atoms with Gasteiger partial charge in [0, 0.05) is 92.9 Å². The molecular formula is C44H58N16O17. The zero-order valence-corrected chi connectivity index (χ0v) is 42.2. The van der Waals surface area contributed by atoms with E-state index in [1.807, 2.05) is 9.97 Å². The molecule has 4 aromatic heterocycles. The van der Waals surface area contributed by atoms with Crippen LogP contribution < -0.4 is 72.0 Å². The van der Waals surface area contributed by atoms with Crippen LogP contribution >= 0.6 is 0 Å². The van der Waals surface area contributed by atoms with Gasteiger partial charge in [-0.15, -0.1) is 0 Å². The summed E-state index contributed by atoms with van der Waals surface area (Å²) in [5.41, 5.74) is -0.442. The molecule has 6 amide bonds. The number of aromatic nitrogens is 8. The smallest absolute Gasteiger partial charge is 0.328 e. The Balaban J connectivity index is 1.43. The number of carbonyl (C=O) groups is 8. The number of rotatable bonds is 28. The van der Waals surface area contributed by atoms with Crippen molar-refractivity contribution in [2.24, 2.45) is 5.73 Å². The van der Waals surface area contributed by atoms with E-state index in [4.69, 9.17) is 5.73 Å². The molecule has 0 aliphatic rings. The highest BCUT2D eigenvalue weighted by Crippen LogP contribution is 2.00. The third-order valence-corrected chi connectivity index (χ3v) is 11.2. The standard InChI is InChI=1S/C44H58N16O17/c1-24-13-57(41(74)50-37(24)70)17-29(61)28(49-32(64)19-54(8-5-45)33(65)20-58-14-25(2)38(71)51-42(58)75)11-46-12-30(62)47-6-9-55(34(66)21-59-15-26(3)39(72)52-43(59)76)18-31(63)48-7-10-56(23-36(68)69)35(67)22-60-16-27(4)40(73)53-44(60)77/h13-16,28,46H,5-12,17-23,45H2,1-4H3,(H,47,62)(H,48,63)(H,49,64)(H,68,69)(H,50,70,74)(H,51,71,75)(H,52,72,76)(H,53,73,77). The highest BCUT2D eigenvalue weighted by molar-refractivity contribution is 5.91. The van der Waals surface area contributed by atoms with Crippen molar-refractivity contribution in [3.63, 3.8) is 0 Å². The van der Waals surface area contributed by atoms with Crippen LogP contribution in [0, 0.1) is 27.7 Å². The van der Waals surface area contributed by atoms with Crippen LogP contribution in [0.1, 0.15) is 22.3 Å². The summed E-state index contributed by atoms with van der Waals surface area (Å²) < 4.78 is 3.52. The van der Waals surface area contributed by atoms with Gasteiger partial charge in [0.05, 0.1) is 26.2 Å². The lowest BCUT2D eigenvalue weighted by Crippen LogP contribution is -2.53. The zero-order chi connectivity index (χ0) is 57.3. The fourth-order valence-corrected chi connectivity index (χ4v) is 7.10. The molecule has 1 atom stereocenters. The maximum Gasteiger partial charge on any atom is 0.328 e. The van der Waals surface area contributed by atoms with Crippen LogP contribution in [-0.2, 0) is 64.5 Å². The average molecular weight is 1080 g/mol. The first-order chi connectivity index (χ1) is 36.3. The number of nitrogens with one attached hydrogen (secondary N) is 8. The van der Waals surface area contributed by atoms with Crippen molar-refractivity contribution in [1.82, 2.24) is 74.2 Å². The summed E-state index contributed by atoms with van der Waals surface area (Å²) in [6.45, 7) is -2.17. The van der Waals surface area contributed by atoms with Gasteiger partial charge in [-0.1, -0.05) is 0 Å². The molecule has 0 aromatic carbocycles. The van der Waals surface area contributed by atoms with Gasteiger partial charge in [-0.2, -0.15) is 0 Å². The second-order valence-electron chi connectivity index (χ2n) is 17.3. The Labute approximate surface area is 432 Å². The molecule has 0 fully saturated rings. The van der Waals surface area contributed by atoms with E-state index in [1.54, 1.807) is 0 Å². The average Bonchev–Trinajstić information content (AvgIpc) is 3.34. The minimum Gasteiger partial charge on any atom is -0.480 e. The second-order valence-corrected chi connectivity index (χ2v) is 17.3. The molecule has 0 aliphatic carbocycles. The van der Waals surface area contributed by atoms with Crippen LogP contribution in [-0.4, -0.2) is 183 Å². The summed E-state index contributed by atoms with van der Waals surface area (Å²) in [7, 11) is 0. The Hall–Kier alpha value is -9.40. The first-order valence-corrected chi connectivity index (χ1v) is 23.3. The molecule has 4 aromatic rings. The fraction of sp³-hybridized carbons (Fsp3) is 0.455. The lowest BCUT2D eigenvalue weighted by atomic mass is 10.1. The van der Waals surface area contributed by atoms with Crippen molar-refractivity contribution in [3.05, 3.63) is 130 Å². The van der Waals surface area contributed by atoms with Gasteiger partial charge in [-0.3, -0.25) is 95.7 Å². The number of Topliss-reactive ketones (excluding diaryl/α,β-unsaturated/α-hetero) is 1. The van der Waals surface area contributed by atoms with Crippen LogP contribution in [0.2, 0.25) is 0 Å². The van der Waals surface area contributed by atoms with Gasteiger partial charge in [0.15, 0.2) is 5.78 Å². The highest BCUT2D eigenvalue weighted by Gasteiger charge is 2.26. The van der Waals surface area contributed by atoms with E-state index in [0.717, 1.165) is 57.8 Å². The summed E-state index contributed by atoms with van der Waals surface area (Å²) in [6, 6.07) is -1.50. The van der Waals surface area contributed by atoms with Crippen LogP contribution in [0.25, 0.3) is 0 Å². The third kappa shape index (κ3) is 18.2. The lowest BCUT2D eigenvalue weighted by molar-refractivity contribution is -0.144. The molecule has 0 spiro atoms. The number of H-pyrrole nitrogens is 4. The van der Waals surface area contributed by atoms with Crippen LogP contribution in [0.3, 0.4) is 0 Å². The Kier molecular flexibility index (Phi) is 21.7. The predicted octanol–water partition coefficient (Wildman–Crippen LogP) is -9.17. The van der Waals surface area contributed by atoms with Gasteiger partial charge in [0.1, 0.15) is 32.2 Å². The van der Waals surface area contributed by atoms with E-state index in [2.05, 4.69) is 31.2 Å². The third-order valence-electron chi connectivity index (χ3n) is 11.2. The number of aromatic amines is 4. The van der Waals surface area contributed by atoms with Gasteiger partial charge >= 0.3 is 28.7 Å². The minimum absolute atomic E-state index is 0.0726. The highest BCUT2D eigenvalue weighted by atomic mass is 16.4. The maximum atomic E-state index is 13.7. The van der Waals surface area contributed by atoms with E-state index >= 15 is 0 Å². The van der Waals surface area contributed by atoms with Crippen LogP contribution in [0.5, 0.6) is 0 Å². The number of carboxylic acids is 1. The molecule has 77 heavy (non-hydrogen) atoms. The normalized spacial score (nSPS) is 11.3. The molecule has 4 rings (SSSR count). The number of nitrogens with two attached hydrogens (primary N) is 1. The van der Waals surface area contributed by atoms with E-state index in [0.29, 0.717) is 0 Å². The quantitative estimate of drug-likeness (QED) is 0.0252. The Morgan fingerprint density at radius 2 is 0.870 bits per heavy atom. The largest absolute Gasteiger partial charge is 0.480 e.